The highest BCUT2D eigenvalue weighted by Crippen LogP contribution is 2.39. The van der Waals surface area contributed by atoms with Crippen molar-refractivity contribution in [3.63, 3.8) is 0 Å². The van der Waals surface area contributed by atoms with Crippen LogP contribution < -0.4 is 15.0 Å². The van der Waals surface area contributed by atoms with Crippen LogP contribution in [-0.2, 0) is 20.2 Å². The fourth-order valence-corrected chi connectivity index (χ4v) is 9.77. The third-order valence-electron chi connectivity index (χ3n) is 10.2. The molecule has 1 aliphatic carbocycles. The number of hydrogen-bond acceptors (Lipinski definition) is 7. The minimum atomic E-state index is -4.54. The highest BCUT2D eigenvalue weighted by molar-refractivity contribution is 7.86. The summed E-state index contributed by atoms with van der Waals surface area (Å²) in [7, 11) is -9.07. The smallest absolute Gasteiger partial charge is 0.334 e. The van der Waals surface area contributed by atoms with E-state index in [-0.39, 0.29) is 0 Å². The molecule has 5 aromatic carbocycles. The second-order valence-electron chi connectivity index (χ2n) is 14.2. The van der Waals surface area contributed by atoms with E-state index in [1.807, 2.05) is 120 Å². The molecule has 306 valence electrons. The van der Waals surface area contributed by atoms with E-state index < -0.39 is 31.0 Å². The monoisotopic (exact) mass is 832 g/mol. The number of benzene rings is 5. The zero-order valence-electron chi connectivity index (χ0n) is 33.8. The molecule has 12 heteroatoms. The Labute approximate surface area is 348 Å². The third kappa shape index (κ3) is 9.92. The molecular weight excluding hydrogens is 783 g/mol. The van der Waals surface area contributed by atoms with Crippen molar-refractivity contribution in [2.45, 2.75) is 45.4 Å². The molecule has 0 aliphatic heterocycles. The molecule has 0 heterocycles. The normalized spacial score (nSPS) is 15.8. The summed E-state index contributed by atoms with van der Waals surface area (Å²) < 4.78 is 79.7. The quantitative estimate of drug-likeness (QED) is 0.0696. The van der Waals surface area contributed by atoms with Crippen molar-refractivity contribution >= 4 is 48.6 Å². The minimum absolute atomic E-state index is 0.305. The number of hydrogen-bond donors (Lipinski definition) is 3. The van der Waals surface area contributed by atoms with Gasteiger partial charge in [-0.15, -0.1) is 0 Å². The Hall–Kier alpha value is -5.79. The molecule has 0 radical (unpaired) electrons. The lowest BCUT2D eigenvalue weighted by Gasteiger charge is -2.31. The zero-order valence-corrected chi connectivity index (χ0v) is 35.4. The molecule has 5 aromatic rings. The van der Waals surface area contributed by atoms with E-state index in [1.54, 1.807) is 70.1 Å². The van der Waals surface area contributed by atoms with Crippen LogP contribution in [0.2, 0.25) is 0 Å². The van der Waals surface area contributed by atoms with Crippen LogP contribution in [0.5, 0.6) is 5.75 Å². The van der Waals surface area contributed by atoms with Crippen LogP contribution in [0.3, 0.4) is 0 Å². The van der Waals surface area contributed by atoms with Crippen LogP contribution in [0.4, 0.5) is 17.1 Å². The summed E-state index contributed by atoms with van der Waals surface area (Å²) in [5.74, 6) is 0.793. The van der Waals surface area contributed by atoms with E-state index in [1.165, 1.54) is 0 Å². The first-order valence-electron chi connectivity index (χ1n) is 19.5. The molecule has 6 rings (SSSR count). The van der Waals surface area contributed by atoms with Crippen molar-refractivity contribution in [1.82, 2.24) is 0 Å². The van der Waals surface area contributed by atoms with Gasteiger partial charge in [0.05, 0.1) is 6.61 Å². The fraction of sp³-hybridized carbons (Fsp3) is 0.213. The standard InChI is InChI=1S/C47H49N3O7S2/c1-6-49(46(58(51,52)53)36-15-11-9-12-16-36)40-25-29-43(33(4)31-40)45(35-19-21-38(22-20-35)48-39-23-27-42(28-24-39)57-8-3)44-30-26-41(32-34(44)5)50(7-2)47(59(54,55)56)37-17-13-10-14-18-37/h9-32,46-47H,6-8H2,1-5H3,(H2,51,52,53,54,55,56)/p+1. The van der Waals surface area contributed by atoms with Crippen LogP contribution in [0.15, 0.2) is 157 Å². The first-order chi connectivity index (χ1) is 28.2. The molecule has 0 bridgehead atoms. The lowest BCUT2D eigenvalue weighted by molar-refractivity contribution is -0.545. The summed E-state index contributed by atoms with van der Waals surface area (Å²) >= 11 is 0. The van der Waals surface area contributed by atoms with Gasteiger partial charge in [0.2, 0.25) is 5.71 Å². The molecule has 0 saturated carbocycles. The highest BCUT2D eigenvalue weighted by atomic mass is 32.2. The molecule has 3 N–H and O–H groups in total. The van der Waals surface area contributed by atoms with Crippen LogP contribution in [0, 0.1) is 6.92 Å². The zero-order chi connectivity index (χ0) is 42.3. The maximum Gasteiger partial charge on any atom is 0.334 e. The number of ether oxygens (including phenoxy) is 1. The lowest BCUT2D eigenvalue weighted by atomic mass is 9.85. The summed E-state index contributed by atoms with van der Waals surface area (Å²) in [6.07, 6.45) is 5.77. The number of nitrogens with zero attached hydrogens (tertiary/aromatic N) is 2. The number of rotatable bonds is 15. The Morgan fingerprint density at radius 1 is 0.729 bits per heavy atom. The molecule has 0 aromatic heterocycles. The van der Waals surface area contributed by atoms with Crippen LogP contribution in [0.1, 0.15) is 66.3 Å². The fourth-order valence-electron chi connectivity index (χ4n) is 7.59. The lowest BCUT2D eigenvalue weighted by Crippen LogP contribution is -2.34. The Bertz CT molecular complexity index is 2620. The van der Waals surface area contributed by atoms with E-state index in [4.69, 9.17) is 4.74 Å². The molecule has 59 heavy (non-hydrogen) atoms. The van der Waals surface area contributed by atoms with Gasteiger partial charge >= 0.3 is 15.5 Å². The van der Waals surface area contributed by atoms with Gasteiger partial charge in [0.25, 0.3) is 10.1 Å². The van der Waals surface area contributed by atoms with Crippen molar-refractivity contribution in [2.24, 2.45) is 0 Å². The molecule has 0 saturated heterocycles. The molecule has 1 aliphatic rings. The topological polar surface area (TPSA) is 136 Å². The number of aryl methyl sites for hydroxylation is 1. The summed E-state index contributed by atoms with van der Waals surface area (Å²) in [4.78, 5) is 1.67. The molecule has 0 amide bonds. The van der Waals surface area contributed by atoms with Gasteiger partial charge in [-0.25, -0.2) is 4.58 Å². The van der Waals surface area contributed by atoms with Crippen LogP contribution in [-0.4, -0.2) is 55.9 Å². The summed E-state index contributed by atoms with van der Waals surface area (Å²) in [5, 5.41) is 0.834. The first-order valence-corrected chi connectivity index (χ1v) is 22.5. The molecular formula is C47H50N3O7S2+. The summed E-state index contributed by atoms with van der Waals surface area (Å²) in [6, 6.07) is 38.9. The predicted molar refractivity (Wildman–Crippen MR) is 238 cm³/mol. The van der Waals surface area contributed by atoms with Crippen molar-refractivity contribution < 1.29 is 35.3 Å². The molecule has 0 fully saturated rings. The number of anilines is 3. The number of allylic oxidation sites excluding steroid dienone is 5. The maximum absolute atomic E-state index is 12.9. The number of nitrogens with one attached hydrogen (secondary N) is 1. The van der Waals surface area contributed by atoms with Gasteiger partial charge in [0.1, 0.15) is 12.3 Å². The van der Waals surface area contributed by atoms with Crippen molar-refractivity contribution in [3.05, 3.63) is 185 Å². The second-order valence-corrected chi connectivity index (χ2v) is 17.1. The van der Waals surface area contributed by atoms with Gasteiger partial charge in [0, 0.05) is 41.3 Å². The minimum Gasteiger partial charge on any atom is -0.494 e. The van der Waals surface area contributed by atoms with Crippen molar-refractivity contribution in [1.29, 1.82) is 0 Å². The van der Waals surface area contributed by atoms with Gasteiger partial charge < -0.3 is 15.0 Å². The van der Waals surface area contributed by atoms with Gasteiger partial charge in [-0.05, 0) is 128 Å². The Kier molecular flexibility index (Phi) is 13.4. The predicted octanol–water partition coefficient (Wildman–Crippen LogP) is 9.93. The molecule has 0 spiro atoms. The largest absolute Gasteiger partial charge is 0.494 e. The SMILES string of the molecule is CCOc1ccc(Nc2ccc(C(=C3C=CC(=[N+](CC)C(c4ccccc4)S(=O)(=O)O)C=C3C)c3ccc(N(CC)C(c4ccccc4)S(=O)(=O)O)cc3C)cc2)cc1. The van der Waals surface area contributed by atoms with Crippen LogP contribution >= 0.6 is 0 Å². The molecule has 2 unspecified atom stereocenters. The highest BCUT2D eigenvalue weighted by Gasteiger charge is 2.37. The van der Waals surface area contributed by atoms with Gasteiger partial charge in [-0.2, -0.15) is 16.8 Å². The molecule has 2 atom stereocenters. The maximum atomic E-state index is 12.9. The van der Waals surface area contributed by atoms with E-state index >= 15 is 0 Å². The van der Waals surface area contributed by atoms with Crippen molar-refractivity contribution in [2.75, 3.05) is 29.9 Å². The van der Waals surface area contributed by atoms with E-state index in [0.29, 0.717) is 42.2 Å². The molecule has 10 nitrogen and oxygen atoms in total. The van der Waals surface area contributed by atoms with Gasteiger partial charge in [0.15, 0.2) is 5.37 Å². The average Bonchev–Trinajstić information content (AvgIpc) is 3.21. The van der Waals surface area contributed by atoms with E-state index in [9.17, 15) is 25.9 Å². The van der Waals surface area contributed by atoms with E-state index in [0.717, 1.165) is 50.5 Å². The second kappa shape index (κ2) is 18.4. The summed E-state index contributed by atoms with van der Waals surface area (Å²) in [5.41, 5.74) is 9.25. The Morgan fingerprint density at radius 2 is 1.32 bits per heavy atom. The van der Waals surface area contributed by atoms with Crippen molar-refractivity contribution in [3.8, 4) is 5.75 Å². The van der Waals surface area contributed by atoms with Crippen LogP contribution in [0.25, 0.3) is 5.57 Å². The summed E-state index contributed by atoms with van der Waals surface area (Å²) in [6.45, 7) is 10.8. The first kappa shape index (κ1) is 42.8. The average molecular weight is 833 g/mol. The third-order valence-corrected chi connectivity index (χ3v) is 12.4. The van der Waals surface area contributed by atoms with E-state index in [2.05, 4.69) is 5.32 Å². The Morgan fingerprint density at radius 3 is 1.83 bits per heavy atom. The Balaban J connectivity index is 1.47. The van der Waals surface area contributed by atoms with Gasteiger partial charge in [-0.3, -0.25) is 9.11 Å². The van der Waals surface area contributed by atoms with Gasteiger partial charge in [-0.1, -0.05) is 78.9 Å².